The van der Waals surface area contributed by atoms with Gasteiger partial charge in [-0.2, -0.15) is 0 Å². The van der Waals surface area contributed by atoms with Gasteiger partial charge in [-0.1, -0.05) is 54.6 Å². The Balaban J connectivity index is 1.52. The number of carbonyl (C=O) groups excluding carboxylic acids is 2. The summed E-state index contributed by atoms with van der Waals surface area (Å²) in [4.78, 5) is 29.5. The van der Waals surface area contributed by atoms with E-state index < -0.39 is 5.54 Å². The van der Waals surface area contributed by atoms with Crippen molar-refractivity contribution in [2.24, 2.45) is 11.8 Å². The first-order chi connectivity index (χ1) is 18.4. The Labute approximate surface area is 225 Å². The molecule has 0 aromatic heterocycles. The van der Waals surface area contributed by atoms with E-state index in [1.807, 2.05) is 35.2 Å². The van der Waals surface area contributed by atoms with Crippen LogP contribution in [0, 0.1) is 11.8 Å². The van der Waals surface area contributed by atoms with Crippen LogP contribution in [-0.2, 0) is 29.0 Å². The molecule has 5 rings (SSSR count). The lowest BCUT2D eigenvalue weighted by Gasteiger charge is -2.50. The first kappa shape index (κ1) is 25.8. The lowest BCUT2D eigenvalue weighted by atomic mass is 9.62. The lowest BCUT2D eigenvalue weighted by molar-refractivity contribution is -0.149. The van der Waals surface area contributed by atoms with E-state index in [9.17, 15) is 9.59 Å². The van der Waals surface area contributed by atoms with Crippen LogP contribution in [-0.4, -0.2) is 36.5 Å². The number of ether oxygens (including phenoxy) is 2. The Morgan fingerprint density at radius 2 is 1.61 bits per heavy atom. The molecule has 1 N–H and O–H groups in total. The molecule has 0 unspecified atom stereocenters. The fourth-order valence-electron chi connectivity index (χ4n) is 6.44. The number of nitrogens with one attached hydrogen (secondary N) is 1. The number of methoxy groups -OCH3 is 2. The molecule has 0 bridgehead atoms. The van der Waals surface area contributed by atoms with Crippen molar-refractivity contribution in [2.75, 3.05) is 19.5 Å². The second-order valence-electron chi connectivity index (χ2n) is 10.6. The zero-order valence-corrected chi connectivity index (χ0v) is 22.4. The van der Waals surface area contributed by atoms with Gasteiger partial charge in [-0.25, -0.2) is 0 Å². The third-order valence-corrected chi connectivity index (χ3v) is 8.44. The van der Waals surface area contributed by atoms with Crippen molar-refractivity contribution >= 4 is 17.5 Å². The van der Waals surface area contributed by atoms with Gasteiger partial charge >= 0.3 is 0 Å². The number of rotatable bonds is 7. The molecule has 0 spiro atoms. The monoisotopic (exact) mass is 512 g/mol. The van der Waals surface area contributed by atoms with E-state index in [4.69, 9.17) is 9.47 Å². The van der Waals surface area contributed by atoms with Crippen molar-refractivity contribution in [1.29, 1.82) is 0 Å². The van der Waals surface area contributed by atoms with Gasteiger partial charge in [0.2, 0.25) is 11.8 Å². The van der Waals surface area contributed by atoms with E-state index in [1.165, 1.54) is 11.1 Å². The summed E-state index contributed by atoms with van der Waals surface area (Å²) in [6, 6.07) is 23.9. The van der Waals surface area contributed by atoms with E-state index >= 15 is 0 Å². The maximum absolute atomic E-state index is 14.4. The summed E-state index contributed by atoms with van der Waals surface area (Å²) in [6.45, 7) is 1.96. The molecule has 0 saturated heterocycles. The summed E-state index contributed by atoms with van der Waals surface area (Å²) in [6.07, 6.45) is 4.10. The average molecular weight is 513 g/mol. The number of carbonyl (C=O) groups is 2. The molecule has 6 heteroatoms. The minimum Gasteiger partial charge on any atom is -0.497 e. The number of hydrogen-bond donors (Lipinski definition) is 1. The van der Waals surface area contributed by atoms with Crippen LogP contribution in [0.15, 0.2) is 72.8 Å². The molecule has 3 atom stereocenters. The van der Waals surface area contributed by atoms with Crippen LogP contribution in [0.3, 0.4) is 0 Å². The van der Waals surface area contributed by atoms with Gasteiger partial charge in [-0.3, -0.25) is 9.59 Å². The SMILES string of the molecule is COc1ccc(NC(=O)[C@@]2(N(Cc3ccccc3)C(C)=O)CC[C@@H]3Cc4ccccc4C[C@H]3C2)c(OC)c1. The summed E-state index contributed by atoms with van der Waals surface area (Å²) in [5, 5.41) is 3.15. The molecule has 0 radical (unpaired) electrons. The van der Waals surface area contributed by atoms with Crippen molar-refractivity contribution in [3.63, 3.8) is 0 Å². The largest absolute Gasteiger partial charge is 0.497 e. The summed E-state index contributed by atoms with van der Waals surface area (Å²) in [7, 11) is 3.17. The molecule has 2 aliphatic carbocycles. The zero-order chi connectivity index (χ0) is 26.7. The number of benzene rings is 3. The Kier molecular flexibility index (Phi) is 7.41. The lowest BCUT2D eigenvalue weighted by Crippen LogP contribution is -2.61. The molecular formula is C32H36N2O4. The van der Waals surface area contributed by atoms with Crippen LogP contribution in [0.5, 0.6) is 11.5 Å². The third kappa shape index (κ3) is 5.00. The molecule has 2 aliphatic rings. The van der Waals surface area contributed by atoms with E-state index in [0.717, 1.165) is 24.8 Å². The van der Waals surface area contributed by atoms with Crippen LogP contribution in [0.1, 0.15) is 42.9 Å². The van der Waals surface area contributed by atoms with Crippen LogP contribution < -0.4 is 14.8 Å². The highest BCUT2D eigenvalue weighted by Gasteiger charge is 2.51. The van der Waals surface area contributed by atoms with Gasteiger partial charge in [0.05, 0.1) is 19.9 Å². The normalized spacial score (nSPS) is 22.0. The number of amides is 2. The van der Waals surface area contributed by atoms with Crippen LogP contribution in [0.2, 0.25) is 0 Å². The molecule has 1 saturated carbocycles. The maximum atomic E-state index is 14.4. The molecule has 6 nitrogen and oxygen atoms in total. The molecule has 1 fully saturated rings. The summed E-state index contributed by atoms with van der Waals surface area (Å²) in [5.74, 6) is 1.73. The second-order valence-corrected chi connectivity index (χ2v) is 10.6. The predicted octanol–water partition coefficient (Wildman–Crippen LogP) is 5.64. The third-order valence-electron chi connectivity index (χ3n) is 8.44. The number of nitrogens with zero attached hydrogens (tertiary/aromatic N) is 1. The molecule has 0 aliphatic heterocycles. The molecule has 2 amide bonds. The fourth-order valence-corrected chi connectivity index (χ4v) is 6.44. The Morgan fingerprint density at radius 3 is 2.26 bits per heavy atom. The van der Waals surface area contributed by atoms with Gasteiger partial charge in [-0.05, 0) is 72.8 Å². The molecule has 3 aromatic carbocycles. The highest BCUT2D eigenvalue weighted by atomic mass is 16.5. The number of anilines is 1. The van der Waals surface area contributed by atoms with Crippen molar-refractivity contribution < 1.29 is 19.1 Å². The van der Waals surface area contributed by atoms with Gasteiger partial charge in [0, 0.05) is 19.5 Å². The predicted molar refractivity (Wildman–Crippen MR) is 148 cm³/mol. The highest BCUT2D eigenvalue weighted by Crippen LogP contribution is 2.47. The van der Waals surface area contributed by atoms with Gasteiger partial charge in [0.25, 0.3) is 0 Å². The average Bonchev–Trinajstić information content (AvgIpc) is 2.95. The molecule has 38 heavy (non-hydrogen) atoms. The van der Waals surface area contributed by atoms with Gasteiger partial charge in [0.1, 0.15) is 17.0 Å². The standard InChI is InChI=1S/C32H36N2O4/c1-22(35)34(21-23-9-5-4-6-10-23)32(31(36)33-29-14-13-28(37-2)19-30(29)38-3)16-15-26-17-24-11-7-8-12-25(24)18-27(26)20-32/h4-14,19,26-27H,15-18,20-21H2,1-3H3,(H,33,36)/t26-,27+,32-/m1/s1. The van der Waals surface area contributed by atoms with E-state index in [2.05, 4.69) is 29.6 Å². The van der Waals surface area contributed by atoms with E-state index in [0.29, 0.717) is 48.4 Å². The Hall–Kier alpha value is -3.80. The second kappa shape index (κ2) is 10.9. The molecule has 198 valence electrons. The Morgan fingerprint density at radius 1 is 0.921 bits per heavy atom. The molecule has 0 heterocycles. The first-order valence-corrected chi connectivity index (χ1v) is 13.4. The minimum atomic E-state index is -0.972. The van der Waals surface area contributed by atoms with Gasteiger partial charge in [-0.15, -0.1) is 0 Å². The summed E-state index contributed by atoms with van der Waals surface area (Å²) in [5.41, 5.74) is 3.38. The van der Waals surface area contributed by atoms with Crippen molar-refractivity contribution in [3.8, 4) is 11.5 Å². The van der Waals surface area contributed by atoms with Gasteiger partial charge in [0.15, 0.2) is 0 Å². The number of hydrogen-bond acceptors (Lipinski definition) is 4. The molecule has 3 aromatic rings. The van der Waals surface area contributed by atoms with E-state index in [-0.39, 0.29) is 11.8 Å². The quantitative estimate of drug-likeness (QED) is 0.445. The Bertz CT molecular complexity index is 1310. The van der Waals surface area contributed by atoms with Crippen molar-refractivity contribution in [3.05, 3.63) is 89.5 Å². The minimum absolute atomic E-state index is 0.0969. The van der Waals surface area contributed by atoms with Crippen molar-refractivity contribution in [1.82, 2.24) is 4.90 Å². The zero-order valence-electron chi connectivity index (χ0n) is 22.4. The smallest absolute Gasteiger partial charge is 0.250 e. The van der Waals surface area contributed by atoms with E-state index in [1.54, 1.807) is 39.3 Å². The topological polar surface area (TPSA) is 67.9 Å². The number of fused-ring (bicyclic) bond motifs is 2. The summed E-state index contributed by atoms with van der Waals surface area (Å²) >= 11 is 0. The van der Waals surface area contributed by atoms with Gasteiger partial charge < -0.3 is 19.7 Å². The maximum Gasteiger partial charge on any atom is 0.250 e. The first-order valence-electron chi connectivity index (χ1n) is 13.4. The molecular weight excluding hydrogens is 476 g/mol. The van der Waals surface area contributed by atoms with Crippen molar-refractivity contribution in [2.45, 2.75) is 51.1 Å². The fraction of sp³-hybridized carbons (Fsp3) is 0.375. The summed E-state index contributed by atoms with van der Waals surface area (Å²) < 4.78 is 10.9. The van der Waals surface area contributed by atoms with Crippen LogP contribution in [0.25, 0.3) is 0 Å². The highest BCUT2D eigenvalue weighted by molar-refractivity contribution is 6.01. The van der Waals surface area contributed by atoms with Crippen LogP contribution >= 0.6 is 0 Å². The van der Waals surface area contributed by atoms with Crippen LogP contribution in [0.4, 0.5) is 5.69 Å².